The number of thiazole rings is 1. The predicted octanol–water partition coefficient (Wildman–Crippen LogP) is 2.34. The summed E-state index contributed by atoms with van der Waals surface area (Å²) in [5, 5.41) is 5.82. The molecule has 128 valence electrons. The Balaban J connectivity index is 1.50. The zero-order chi connectivity index (χ0) is 16.9. The minimum Gasteiger partial charge on any atom is -0.350 e. The van der Waals surface area contributed by atoms with Gasteiger partial charge in [0, 0.05) is 29.7 Å². The van der Waals surface area contributed by atoms with Crippen molar-refractivity contribution in [3.63, 3.8) is 0 Å². The Morgan fingerprint density at radius 1 is 1.38 bits per heavy atom. The predicted molar refractivity (Wildman–Crippen MR) is 94.4 cm³/mol. The number of piperidine rings is 1. The van der Waals surface area contributed by atoms with E-state index in [1.54, 1.807) is 18.6 Å². The number of rotatable bonds is 5. The zero-order valence-corrected chi connectivity index (χ0v) is 14.9. The summed E-state index contributed by atoms with van der Waals surface area (Å²) in [4.78, 5) is 27.6. The summed E-state index contributed by atoms with van der Waals surface area (Å²) in [6.07, 6.45) is 6.87. The summed E-state index contributed by atoms with van der Waals surface area (Å²) in [6.45, 7) is 6.89. The molecule has 2 aromatic rings. The third-order valence-electron chi connectivity index (χ3n) is 4.41. The van der Waals surface area contributed by atoms with E-state index in [1.807, 2.05) is 5.38 Å². The number of aromatic nitrogens is 3. The molecule has 1 fully saturated rings. The van der Waals surface area contributed by atoms with Crippen LogP contribution in [0.15, 0.2) is 24.0 Å². The molecule has 0 spiro atoms. The maximum absolute atomic E-state index is 12.3. The number of carbonyl (C=O) groups is 1. The second-order valence-electron chi connectivity index (χ2n) is 6.36. The van der Waals surface area contributed by atoms with E-state index in [9.17, 15) is 4.79 Å². The molecule has 0 radical (unpaired) electrons. The Morgan fingerprint density at radius 2 is 2.17 bits per heavy atom. The number of hydrogen-bond donors (Lipinski definition) is 1. The lowest BCUT2D eigenvalue weighted by Gasteiger charge is -2.33. The van der Waals surface area contributed by atoms with Gasteiger partial charge in [0.05, 0.1) is 18.4 Å². The van der Waals surface area contributed by atoms with Gasteiger partial charge in [0.1, 0.15) is 10.7 Å². The van der Waals surface area contributed by atoms with E-state index in [0.717, 1.165) is 42.3 Å². The lowest BCUT2D eigenvalue weighted by atomic mass is 9.95. The van der Waals surface area contributed by atoms with Crippen molar-refractivity contribution in [3.05, 3.63) is 29.7 Å². The second kappa shape index (κ2) is 7.81. The van der Waals surface area contributed by atoms with Crippen molar-refractivity contribution in [1.82, 2.24) is 25.2 Å². The highest BCUT2D eigenvalue weighted by Gasteiger charge is 2.25. The van der Waals surface area contributed by atoms with E-state index >= 15 is 0 Å². The summed E-state index contributed by atoms with van der Waals surface area (Å²) in [5.41, 5.74) is 1.63. The first kappa shape index (κ1) is 17.0. The Labute approximate surface area is 146 Å². The average molecular weight is 345 g/mol. The fraction of sp³-hybridized carbons (Fsp3) is 0.529. The van der Waals surface area contributed by atoms with Crippen LogP contribution >= 0.6 is 11.3 Å². The molecule has 0 aliphatic carbocycles. The van der Waals surface area contributed by atoms with Gasteiger partial charge in [0.2, 0.25) is 5.91 Å². The lowest BCUT2D eigenvalue weighted by molar-refractivity contribution is -0.126. The standard InChI is InChI=1S/C17H23N5OS/c1-12(2)22-7-3-13(4-8-22)16(23)20-9-14-11-24-17(21-14)15-10-18-5-6-19-15/h5-6,10-13H,3-4,7-9H2,1-2H3,(H,20,23). The molecule has 0 unspecified atom stereocenters. The van der Waals surface area contributed by atoms with Crippen LogP contribution in [0.5, 0.6) is 0 Å². The first-order valence-corrected chi connectivity index (χ1v) is 9.24. The molecule has 6 nitrogen and oxygen atoms in total. The van der Waals surface area contributed by atoms with Gasteiger partial charge in [-0.25, -0.2) is 4.98 Å². The van der Waals surface area contributed by atoms with Gasteiger partial charge < -0.3 is 10.2 Å². The zero-order valence-electron chi connectivity index (χ0n) is 14.1. The van der Waals surface area contributed by atoms with Crippen LogP contribution in [0.3, 0.4) is 0 Å². The van der Waals surface area contributed by atoms with E-state index in [0.29, 0.717) is 12.6 Å². The van der Waals surface area contributed by atoms with Gasteiger partial charge >= 0.3 is 0 Å². The smallest absolute Gasteiger partial charge is 0.223 e. The third-order valence-corrected chi connectivity index (χ3v) is 5.32. The summed E-state index contributed by atoms with van der Waals surface area (Å²) in [6, 6.07) is 0.559. The van der Waals surface area contributed by atoms with Gasteiger partial charge in [-0.3, -0.25) is 14.8 Å². The van der Waals surface area contributed by atoms with Crippen molar-refractivity contribution >= 4 is 17.2 Å². The van der Waals surface area contributed by atoms with E-state index in [-0.39, 0.29) is 11.8 Å². The molecular formula is C17H23N5OS. The number of carbonyl (C=O) groups excluding carboxylic acids is 1. The van der Waals surface area contributed by atoms with E-state index in [2.05, 4.69) is 39.0 Å². The summed E-state index contributed by atoms with van der Waals surface area (Å²) < 4.78 is 0. The molecule has 0 bridgehead atoms. The molecule has 3 heterocycles. The Bertz CT molecular complexity index is 665. The van der Waals surface area contributed by atoms with Gasteiger partial charge in [0.25, 0.3) is 0 Å². The highest BCUT2D eigenvalue weighted by atomic mass is 32.1. The lowest BCUT2D eigenvalue weighted by Crippen LogP contribution is -2.42. The first-order valence-electron chi connectivity index (χ1n) is 8.36. The highest BCUT2D eigenvalue weighted by Crippen LogP contribution is 2.21. The SMILES string of the molecule is CC(C)N1CCC(C(=O)NCc2csc(-c3cnccn3)n2)CC1. The third kappa shape index (κ3) is 4.15. The average Bonchev–Trinajstić information content (AvgIpc) is 3.09. The number of nitrogens with one attached hydrogen (secondary N) is 1. The van der Waals surface area contributed by atoms with Gasteiger partial charge in [-0.05, 0) is 39.8 Å². The van der Waals surface area contributed by atoms with Crippen LogP contribution in [0.25, 0.3) is 10.7 Å². The molecule has 1 saturated heterocycles. The number of amides is 1. The van der Waals surface area contributed by atoms with Crippen LogP contribution < -0.4 is 5.32 Å². The Morgan fingerprint density at radius 3 is 2.83 bits per heavy atom. The molecule has 24 heavy (non-hydrogen) atoms. The van der Waals surface area contributed by atoms with Gasteiger partial charge in [0.15, 0.2) is 0 Å². The normalized spacial score (nSPS) is 16.5. The van der Waals surface area contributed by atoms with Crippen molar-refractivity contribution in [3.8, 4) is 10.7 Å². The number of nitrogens with zero attached hydrogens (tertiary/aromatic N) is 4. The largest absolute Gasteiger partial charge is 0.350 e. The van der Waals surface area contributed by atoms with E-state index < -0.39 is 0 Å². The molecule has 1 aliphatic heterocycles. The van der Waals surface area contributed by atoms with Crippen molar-refractivity contribution < 1.29 is 4.79 Å². The number of likely N-dealkylation sites (tertiary alicyclic amines) is 1. The molecule has 0 saturated carbocycles. The summed E-state index contributed by atoms with van der Waals surface area (Å²) in [7, 11) is 0. The molecule has 0 atom stereocenters. The Hall–Kier alpha value is -1.86. The quantitative estimate of drug-likeness (QED) is 0.900. The monoisotopic (exact) mass is 345 g/mol. The molecule has 1 N–H and O–H groups in total. The molecule has 0 aromatic carbocycles. The van der Waals surface area contributed by atoms with Crippen LogP contribution in [-0.2, 0) is 11.3 Å². The van der Waals surface area contributed by atoms with E-state index in [1.165, 1.54) is 11.3 Å². The van der Waals surface area contributed by atoms with Crippen LogP contribution in [0.2, 0.25) is 0 Å². The molecule has 7 heteroatoms. The molecule has 2 aromatic heterocycles. The van der Waals surface area contributed by atoms with Gasteiger partial charge in [-0.2, -0.15) is 0 Å². The van der Waals surface area contributed by atoms with Crippen LogP contribution in [0.1, 0.15) is 32.4 Å². The van der Waals surface area contributed by atoms with Crippen molar-refractivity contribution in [2.75, 3.05) is 13.1 Å². The second-order valence-corrected chi connectivity index (χ2v) is 7.21. The van der Waals surface area contributed by atoms with Crippen LogP contribution in [0, 0.1) is 5.92 Å². The molecule has 1 aliphatic rings. The summed E-state index contributed by atoms with van der Waals surface area (Å²) in [5.74, 6) is 0.269. The van der Waals surface area contributed by atoms with Crippen LogP contribution in [0.4, 0.5) is 0 Å². The minimum atomic E-state index is 0.123. The fourth-order valence-corrected chi connectivity index (χ4v) is 3.70. The van der Waals surface area contributed by atoms with Crippen molar-refractivity contribution in [2.45, 2.75) is 39.3 Å². The fourth-order valence-electron chi connectivity index (χ4n) is 2.92. The van der Waals surface area contributed by atoms with Gasteiger partial charge in [-0.15, -0.1) is 11.3 Å². The van der Waals surface area contributed by atoms with E-state index in [4.69, 9.17) is 0 Å². The van der Waals surface area contributed by atoms with Gasteiger partial charge in [-0.1, -0.05) is 0 Å². The van der Waals surface area contributed by atoms with Crippen molar-refractivity contribution in [1.29, 1.82) is 0 Å². The Kier molecular flexibility index (Phi) is 5.52. The van der Waals surface area contributed by atoms with Crippen molar-refractivity contribution in [2.24, 2.45) is 5.92 Å². The molecule has 3 rings (SSSR count). The maximum Gasteiger partial charge on any atom is 0.223 e. The number of hydrogen-bond acceptors (Lipinski definition) is 6. The topological polar surface area (TPSA) is 71.0 Å². The minimum absolute atomic E-state index is 0.123. The van der Waals surface area contributed by atoms with Crippen LogP contribution in [-0.4, -0.2) is 44.9 Å². The molecule has 1 amide bonds. The summed E-state index contributed by atoms with van der Waals surface area (Å²) >= 11 is 1.52. The first-order chi connectivity index (χ1) is 11.6. The molecular weight excluding hydrogens is 322 g/mol. The highest BCUT2D eigenvalue weighted by molar-refractivity contribution is 7.13. The maximum atomic E-state index is 12.3.